The van der Waals surface area contributed by atoms with Crippen LogP contribution in [-0.2, 0) is 11.3 Å². The average Bonchev–Trinajstić information content (AvgIpc) is 2.45. The summed E-state index contributed by atoms with van der Waals surface area (Å²) in [6.07, 6.45) is 0. The second-order valence-electron chi connectivity index (χ2n) is 3.28. The number of halogens is 1. The van der Waals surface area contributed by atoms with E-state index >= 15 is 0 Å². The fourth-order valence-corrected chi connectivity index (χ4v) is 1.58. The Morgan fingerprint density at radius 2 is 2.43 bits per heavy atom. The highest BCUT2D eigenvalue weighted by molar-refractivity contribution is 9.10. The Morgan fingerprint density at radius 1 is 1.64 bits per heavy atom. The van der Waals surface area contributed by atoms with Crippen LogP contribution in [-0.4, -0.2) is 19.0 Å². The van der Waals surface area contributed by atoms with Crippen molar-refractivity contribution < 1.29 is 9.21 Å². The van der Waals surface area contributed by atoms with Gasteiger partial charge in [-0.25, -0.2) is 0 Å². The van der Waals surface area contributed by atoms with Gasteiger partial charge in [-0.05, 0) is 28.1 Å². The normalized spacial score (nSPS) is 16.4. The first-order valence-corrected chi connectivity index (χ1v) is 5.27. The smallest absolute Gasteiger partial charge is 0.226 e. The second kappa shape index (κ2) is 4.14. The van der Waals surface area contributed by atoms with E-state index in [0.717, 1.165) is 18.8 Å². The monoisotopic (exact) mass is 258 g/mol. The third kappa shape index (κ3) is 2.16. The lowest BCUT2D eigenvalue weighted by Gasteiger charge is -2.25. The summed E-state index contributed by atoms with van der Waals surface area (Å²) in [5, 5.41) is 5.87. The van der Waals surface area contributed by atoms with E-state index in [1.54, 1.807) is 0 Å². The van der Waals surface area contributed by atoms with E-state index in [1.165, 1.54) is 0 Å². The van der Waals surface area contributed by atoms with Crippen molar-refractivity contribution in [1.82, 2.24) is 10.6 Å². The van der Waals surface area contributed by atoms with Gasteiger partial charge >= 0.3 is 0 Å². The lowest BCUT2D eigenvalue weighted by atomic mass is 10.0. The Morgan fingerprint density at radius 3 is 2.93 bits per heavy atom. The van der Waals surface area contributed by atoms with Crippen LogP contribution >= 0.6 is 15.9 Å². The summed E-state index contributed by atoms with van der Waals surface area (Å²) in [5.41, 5.74) is 0. The first-order chi connectivity index (χ1) is 6.75. The van der Waals surface area contributed by atoms with Gasteiger partial charge in [0.2, 0.25) is 5.91 Å². The molecule has 1 aromatic rings. The zero-order chi connectivity index (χ0) is 9.97. The zero-order valence-electron chi connectivity index (χ0n) is 7.55. The predicted molar refractivity (Wildman–Crippen MR) is 54.6 cm³/mol. The third-order valence-corrected chi connectivity index (χ3v) is 2.64. The SMILES string of the molecule is O=C(NCc1ccc(Br)o1)C1CNC1. The number of hydrogen-bond donors (Lipinski definition) is 2. The lowest BCUT2D eigenvalue weighted by Crippen LogP contribution is -2.50. The van der Waals surface area contributed by atoms with E-state index in [1.807, 2.05) is 12.1 Å². The molecular formula is C9H11BrN2O2. The number of furan rings is 1. The van der Waals surface area contributed by atoms with Crippen LogP contribution in [0.2, 0.25) is 0 Å². The molecule has 1 aromatic heterocycles. The van der Waals surface area contributed by atoms with Crippen molar-refractivity contribution in [3.63, 3.8) is 0 Å². The molecule has 1 aliphatic rings. The molecule has 76 valence electrons. The molecule has 14 heavy (non-hydrogen) atoms. The van der Waals surface area contributed by atoms with Crippen LogP contribution in [0.5, 0.6) is 0 Å². The number of carbonyl (C=O) groups is 1. The van der Waals surface area contributed by atoms with Crippen LogP contribution in [0.3, 0.4) is 0 Å². The first kappa shape index (κ1) is 9.73. The summed E-state index contributed by atoms with van der Waals surface area (Å²) in [6, 6.07) is 3.65. The van der Waals surface area contributed by atoms with Crippen molar-refractivity contribution in [2.45, 2.75) is 6.54 Å². The van der Waals surface area contributed by atoms with Crippen molar-refractivity contribution in [2.75, 3.05) is 13.1 Å². The molecule has 5 heteroatoms. The Labute approximate surface area is 90.2 Å². The third-order valence-electron chi connectivity index (χ3n) is 2.22. The van der Waals surface area contributed by atoms with E-state index < -0.39 is 0 Å². The van der Waals surface area contributed by atoms with Gasteiger partial charge in [0.25, 0.3) is 0 Å². The van der Waals surface area contributed by atoms with Gasteiger partial charge in [-0.15, -0.1) is 0 Å². The van der Waals surface area contributed by atoms with Gasteiger partial charge in [-0.3, -0.25) is 4.79 Å². The molecule has 0 atom stereocenters. The fraction of sp³-hybridized carbons (Fsp3) is 0.444. The van der Waals surface area contributed by atoms with Gasteiger partial charge in [0.05, 0.1) is 12.5 Å². The first-order valence-electron chi connectivity index (χ1n) is 4.48. The van der Waals surface area contributed by atoms with Gasteiger partial charge in [0.15, 0.2) is 4.67 Å². The molecule has 0 bridgehead atoms. The molecule has 1 amide bonds. The Balaban J connectivity index is 1.79. The Hall–Kier alpha value is -0.810. The Kier molecular flexibility index (Phi) is 2.88. The van der Waals surface area contributed by atoms with Gasteiger partial charge in [0, 0.05) is 13.1 Å². The fourth-order valence-electron chi connectivity index (χ4n) is 1.24. The van der Waals surface area contributed by atoms with E-state index in [4.69, 9.17) is 4.42 Å². The average molecular weight is 259 g/mol. The topological polar surface area (TPSA) is 54.3 Å². The largest absolute Gasteiger partial charge is 0.452 e. The zero-order valence-corrected chi connectivity index (χ0v) is 9.13. The molecule has 2 N–H and O–H groups in total. The maximum absolute atomic E-state index is 11.4. The summed E-state index contributed by atoms with van der Waals surface area (Å²) in [5.74, 6) is 0.988. The molecule has 2 heterocycles. The van der Waals surface area contributed by atoms with Gasteiger partial charge in [0.1, 0.15) is 5.76 Å². The van der Waals surface area contributed by atoms with E-state index in [9.17, 15) is 4.79 Å². The number of hydrogen-bond acceptors (Lipinski definition) is 3. The molecule has 1 saturated heterocycles. The molecule has 0 aliphatic carbocycles. The molecule has 4 nitrogen and oxygen atoms in total. The van der Waals surface area contributed by atoms with Crippen LogP contribution in [0.15, 0.2) is 21.2 Å². The van der Waals surface area contributed by atoms with E-state index in [0.29, 0.717) is 11.2 Å². The molecule has 1 fully saturated rings. The lowest BCUT2D eigenvalue weighted by molar-refractivity contribution is -0.126. The second-order valence-corrected chi connectivity index (χ2v) is 4.06. The highest BCUT2D eigenvalue weighted by Crippen LogP contribution is 2.13. The predicted octanol–water partition coefficient (Wildman–Crippen LogP) is 0.878. The summed E-state index contributed by atoms with van der Waals surface area (Å²) in [4.78, 5) is 11.4. The minimum absolute atomic E-state index is 0.0938. The molecule has 0 radical (unpaired) electrons. The van der Waals surface area contributed by atoms with Gasteiger partial charge in [-0.1, -0.05) is 0 Å². The van der Waals surface area contributed by atoms with E-state index in [2.05, 4.69) is 26.6 Å². The van der Waals surface area contributed by atoms with Crippen molar-refractivity contribution >= 4 is 21.8 Å². The standard InChI is InChI=1S/C9H11BrN2O2/c10-8-2-1-7(14-8)5-12-9(13)6-3-11-4-6/h1-2,6,11H,3-5H2,(H,12,13). The van der Waals surface area contributed by atoms with Gasteiger partial charge in [-0.2, -0.15) is 0 Å². The molecule has 0 aromatic carbocycles. The molecule has 2 rings (SSSR count). The number of carbonyl (C=O) groups excluding carboxylic acids is 1. The maximum Gasteiger partial charge on any atom is 0.226 e. The van der Waals surface area contributed by atoms with Gasteiger partial charge < -0.3 is 15.1 Å². The minimum atomic E-state index is 0.0938. The summed E-state index contributed by atoms with van der Waals surface area (Å²) in [6.45, 7) is 2.03. The molecular weight excluding hydrogens is 248 g/mol. The minimum Gasteiger partial charge on any atom is -0.452 e. The Bertz CT molecular complexity index is 333. The van der Waals surface area contributed by atoms with Crippen LogP contribution < -0.4 is 10.6 Å². The highest BCUT2D eigenvalue weighted by Gasteiger charge is 2.24. The summed E-state index contributed by atoms with van der Waals surface area (Å²) >= 11 is 3.20. The van der Waals surface area contributed by atoms with Crippen LogP contribution in [0.25, 0.3) is 0 Å². The molecule has 1 aliphatic heterocycles. The van der Waals surface area contributed by atoms with E-state index in [-0.39, 0.29) is 11.8 Å². The van der Waals surface area contributed by atoms with Crippen molar-refractivity contribution in [3.8, 4) is 0 Å². The molecule has 0 unspecified atom stereocenters. The van der Waals surface area contributed by atoms with Crippen LogP contribution in [0, 0.1) is 5.92 Å². The highest BCUT2D eigenvalue weighted by atomic mass is 79.9. The maximum atomic E-state index is 11.4. The van der Waals surface area contributed by atoms with Crippen molar-refractivity contribution in [3.05, 3.63) is 22.6 Å². The quantitative estimate of drug-likeness (QED) is 0.847. The number of rotatable bonds is 3. The molecule has 0 saturated carbocycles. The van der Waals surface area contributed by atoms with Crippen LogP contribution in [0.1, 0.15) is 5.76 Å². The number of nitrogens with one attached hydrogen (secondary N) is 2. The number of amides is 1. The van der Waals surface area contributed by atoms with Crippen molar-refractivity contribution in [2.24, 2.45) is 5.92 Å². The summed E-state index contributed by atoms with van der Waals surface area (Å²) < 4.78 is 5.94. The van der Waals surface area contributed by atoms with Crippen LogP contribution in [0.4, 0.5) is 0 Å². The van der Waals surface area contributed by atoms with Crippen molar-refractivity contribution in [1.29, 1.82) is 0 Å². The summed E-state index contributed by atoms with van der Waals surface area (Å²) in [7, 11) is 0. The molecule has 0 spiro atoms.